The van der Waals surface area contributed by atoms with E-state index in [1.54, 1.807) is 0 Å². The highest BCUT2D eigenvalue weighted by atomic mass is 19.2. The minimum absolute atomic E-state index is 0.0535. The van der Waals surface area contributed by atoms with Crippen LogP contribution in [0.15, 0.2) is 28.0 Å². The van der Waals surface area contributed by atoms with Crippen molar-refractivity contribution in [1.82, 2.24) is 10.3 Å². The number of amidine groups is 1. The number of aromatic nitrogens is 2. The summed E-state index contributed by atoms with van der Waals surface area (Å²) in [5.74, 6) is -2.37. The predicted molar refractivity (Wildman–Crippen MR) is 57.0 cm³/mol. The van der Waals surface area contributed by atoms with Crippen LogP contribution in [-0.4, -0.2) is 21.4 Å². The number of anilines is 2. The SMILES string of the molecule is Nc1nonc1/C(=N/O)Nc1ccc(F)c(F)c1. The Kier molecular flexibility index (Phi) is 3.04. The van der Waals surface area contributed by atoms with Gasteiger partial charge in [0.1, 0.15) is 0 Å². The van der Waals surface area contributed by atoms with Gasteiger partial charge < -0.3 is 16.3 Å². The zero-order chi connectivity index (χ0) is 13.1. The first kappa shape index (κ1) is 11.8. The highest BCUT2D eigenvalue weighted by molar-refractivity contribution is 6.08. The first-order valence-electron chi connectivity index (χ1n) is 4.64. The molecule has 0 unspecified atom stereocenters. The molecule has 9 heteroatoms. The van der Waals surface area contributed by atoms with Crippen molar-refractivity contribution in [3.63, 3.8) is 0 Å². The lowest BCUT2D eigenvalue weighted by Crippen LogP contribution is -2.16. The summed E-state index contributed by atoms with van der Waals surface area (Å²) in [6.45, 7) is 0. The first-order valence-corrected chi connectivity index (χ1v) is 4.64. The zero-order valence-corrected chi connectivity index (χ0v) is 8.76. The van der Waals surface area contributed by atoms with Crippen LogP contribution in [0.1, 0.15) is 5.69 Å². The Bertz CT molecular complexity index is 598. The van der Waals surface area contributed by atoms with E-state index in [0.29, 0.717) is 0 Å². The lowest BCUT2D eigenvalue weighted by atomic mass is 10.3. The molecule has 0 spiro atoms. The Morgan fingerprint density at radius 3 is 2.67 bits per heavy atom. The van der Waals surface area contributed by atoms with E-state index >= 15 is 0 Å². The predicted octanol–water partition coefficient (Wildman–Crippen LogP) is 1.18. The van der Waals surface area contributed by atoms with E-state index in [0.717, 1.165) is 12.1 Å². The van der Waals surface area contributed by atoms with Gasteiger partial charge in [0.05, 0.1) is 0 Å². The average molecular weight is 255 g/mol. The maximum atomic E-state index is 13.0. The molecule has 18 heavy (non-hydrogen) atoms. The van der Waals surface area contributed by atoms with Crippen molar-refractivity contribution in [3.05, 3.63) is 35.5 Å². The minimum atomic E-state index is -1.05. The third-order valence-electron chi connectivity index (χ3n) is 2.02. The van der Waals surface area contributed by atoms with E-state index < -0.39 is 11.6 Å². The summed E-state index contributed by atoms with van der Waals surface area (Å²) in [4.78, 5) is 0. The van der Waals surface area contributed by atoms with Gasteiger partial charge in [0.2, 0.25) is 5.84 Å². The van der Waals surface area contributed by atoms with Gasteiger partial charge >= 0.3 is 0 Å². The number of hydrogen-bond acceptors (Lipinski definition) is 6. The van der Waals surface area contributed by atoms with Crippen molar-refractivity contribution >= 4 is 17.3 Å². The fourth-order valence-electron chi connectivity index (χ4n) is 1.20. The molecular weight excluding hydrogens is 248 g/mol. The van der Waals surface area contributed by atoms with Gasteiger partial charge in [-0.15, -0.1) is 0 Å². The van der Waals surface area contributed by atoms with Crippen molar-refractivity contribution in [3.8, 4) is 0 Å². The second kappa shape index (κ2) is 4.65. The molecule has 0 saturated carbocycles. The highest BCUT2D eigenvalue weighted by Crippen LogP contribution is 2.15. The van der Waals surface area contributed by atoms with Crippen molar-refractivity contribution in [2.24, 2.45) is 5.16 Å². The summed E-state index contributed by atoms with van der Waals surface area (Å²) in [7, 11) is 0. The average Bonchev–Trinajstić information content (AvgIpc) is 2.77. The molecule has 94 valence electrons. The second-order valence-electron chi connectivity index (χ2n) is 3.20. The molecule has 1 aromatic carbocycles. The number of oxime groups is 1. The molecule has 1 heterocycles. The van der Waals surface area contributed by atoms with Crippen LogP contribution in [0.5, 0.6) is 0 Å². The van der Waals surface area contributed by atoms with Crippen LogP contribution in [0, 0.1) is 11.6 Å². The van der Waals surface area contributed by atoms with Gasteiger partial charge in [-0.2, -0.15) is 0 Å². The Labute approximate surface area is 98.9 Å². The van der Waals surface area contributed by atoms with E-state index in [-0.39, 0.29) is 23.0 Å². The summed E-state index contributed by atoms with van der Waals surface area (Å²) in [5.41, 5.74) is 5.48. The molecule has 0 saturated heterocycles. The van der Waals surface area contributed by atoms with Gasteiger partial charge in [-0.25, -0.2) is 13.4 Å². The topological polar surface area (TPSA) is 110 Å². The second-order valence-corrected chi connectivity index (χ2v) is 3.20. The number of rotatable bonds is 2. The molecule has 0 radical (unpaired) electrons. The van der Waals surface area contributed by atoms with Crippen LogP contribution in [0.2, 0.25) is 0 Å². The van der Waals surface area contributed by atoms with E-state index in [1.807, 2.05) is 0 Å². The van der Waals surface area contributed by atoms with E-state index in [2.05, 4.69) is 25.4 Å². The molecule has 0 bridgehead atoms. The van der Waals surface area contributed by atoms with E-state index in [9.17, 15) is 8.78 Å². The molecular formula is C9H7F2N5O2. The molecule has 0 atom stereocenters. The number of nitrogens with one attached hydrogen (secondary N) is 1. The van der Waals surface area contributed by atoms with Crippen molar-refractivity contribution < 1.29 is 18.6 Å². The molecule has 4 N–H and O–H groups in total. The Hall–Kier alpha value is -2.71. The van der Waals surface area contributed by atoms with Crippen LogP contribution in [0.4, 0.5) is 20.3 Å². The minimum Gasteiger partial charge on any atom is -0.409 e. The number of hydrogen-bond donors (Lipinski definition) is 3. The molecule has 0 aliphatic carbocycles. The Morgan fingerprint density at radius 1 is 1.33 bits per heavy atom. The number of nitrogens with zero attached hydrogens (tertiary/aromatic N) is 3. The molecule has 0 aliphatic rings. The Balaban J connectivity index is 2.27. The molecule has 2 aromatic rings. The van der Waals surface area contributed by atoms with Gasteiger partial charge in [0.15, 0.2) is 23.1 Å². The molecule has 0 fully saturated rings. The standard InChI is InChI=1S/C9H7F2N5O2/c10-5-2-1-4(3-6(5)11)13-9(14-17)7-8(12)16-18-15-7/h1-3,17H,(H2,12,16)(H,13,14). The fraction of sp³-hybridized carbons (Fsp3) is 0. The zero-order valence-electron chi connectivity index (χ0n) is 8.76. The number of nitrogen functional groups attached to an aromatic ring is 1. The van der Waals surface area contributed by atoms with Crippen LogP contribution in [0.3, 0.4) is 0 Å². The van der Waals surface area contributed by atoms with Crippen LogP contribution in [0.25, 0.3) is 0 Å². The third-order valence-corrected chi connectivity index (χ3v) is 2.02. The summed E-state index contributed by atoms with van der Waals surface area (Å²) < 4.78 is 30.0. The van der Waals surface area contributed by atoms with Crippen molar-refractivity contribution in [2.45, 2.75) is 0 Å². The third kappa shape index (κ3) is 2.19. The smallest absolute Gasteiger partial charge is 0.203 e. The van der Waals surface area contributed by atoms with Gasteiger partial charge in [-0.1, -0.05) is 5.16 Å². The van der Waals surface area contributed by atoms with E-state index in [1.165, 1.54) is 6.07 Å². The molecule has 2 rings (SSSR count). The summed E-state index contributed by atoms with van der Waals surface area (Å²) in [6.07, 6.45) is 0. The monoisotopic (exact) mass is 255 g/mol. The van der Waals surface area contributed by atoms with Gasteiger partial charge in [-0.05, 0) is 22.4 Å². The number of benzene rings is 1. The summed E-state index contributed by atoms with van der Waals surface area (Å²) in [6, 6.07) is 3.04. The van der Waals surface area contributed by atoms with E-state index in [4.69, 9.17) is 10.9 Å². The quantitative estimate of drug-likeness (QED) is 0.321. The number of halogens is 2. The van der Waals surface area contributed by atoms with Gasteiger partial charge in [0, 0.05) is 11.8 Å². The summed E-state index contributed by atoms with van der Waals surface area (Å²) >= 11 is 0. The first-order chi connectivity index (χ1) is 8.61. The van der Waals surface area contributed by atoms with Crippen molar-refractivity contribution in [2.75, 3.05) is 11.1 Å². The van der Waals surface area contributed by atoms with Crippen LogP contribution >= 0.6 is 0 Å². The lowest BCUT2D eigenvalue weighted by Gasteiger charge is -2.05. The summed E-state index contributed by atoms with van der Waals surface area (Å²) in [5, 5.41) is 20.9. The van der Waals surface area contributed by atoms with Gasteiger partial charge in [-0.3, -0.25) is 0 Å². The molecule has 7 nitrogen and oxygen atoms in total. The number of nitrogens with two attached hydrogens (primary N) is 1. The molecule has 1 aromatic heterocycles. The maximum Gasteiger partial charge on any atom is 0.203 e. The maximum absolute atomic E-state index is 13.0. The van der Waals surface area contributed by atoms with Crippen LogP contribution in [-0.2, 0) is 0 Å². The van der Waals surface area contributed by atoms with Crippen LogP contribution < -0.4 is 11.1 Å². The van der Waals surface area contributed by atoms with Crippen molar-refractivity contribution in [1.29, 1.82) is 0 Å². The highest BCUT2D eigenvalue weighted by Gasteiger charge is 2.15. The van der Waals surface area contributed by atoms with Gasteiger partial charge in [0.25, 0.3) is 0 Å². The molecule has 0 amide bonds. The molecule has 0 aliphatic heterocycles. The fourth-order valence-corrected chi connectivity index (χ4v) is 1.20. The Morgan fingerprint density at radius 2 is 2.11 bits per heavy atom. The lowest BCUT2D eigenvalue weighted by molar-refractivity contribution is 0.305. The largest absolute Gasteiger partial charge is 0.409 e. The normalized spacial score (nSPS) is 11.6.